The third-order valence-electron chi connectivity index (χ3n) is 5.37. The normalized spacial score (nSPS) is 25.2. The van der Waals surface area contributed by atoms with E-state index < -0.39 is 30.2 Å². The summed E-state index contributed by atoms with van der Waals surface area (Å²) in [5.41, 5.74) is 14.4. The number of nitrogen functional groups attached to an aromatic ring is 2. The number of rotatable bonds is 6. The molecule has 0 spiro atoms. The summed E-state index contributed by atoms with van der Waals surface area (Å²) in [5.74, 6) is -1.00. The first kappa shape index (κ1) is 20.8. The molecule has 0 aliphatic carbocycles. The quantitative estimate of drug-likeness (QED) is 0.419. The van der Waals surface area contributed by atoms with E-state index in [4.69, 9.17) is 25.7 Å². The molecular formula is C24H24N2O5. The number of anilines is 2. The highest BCUT2D eigenvalue weighted by Gasteiger charge is 2.51. The average Bonchev–Trinajstić information content (AvgIpc) is 3.36. The van der Waals surface area contributed by atoms with Crippen molar-refractivity contribution in [2.45, 2.75) is 18.3 Å². The lowest BCUT2D eigenvalue weighted by Crippen LogP contribution is -2.34. The van der Waals surface area contributed by atoms with E-state index in [-0.39, 0.29) is 19.0 Å². The van der Waals surface area contributed by atoms with Gasteiger partial charge in [-0.1, -0.05) is 30.3 Å². The topological polar surface area (TPSA) is 114 Å². The van der Waals surface area contributed by atoms with Crippen LogP contribution in [0.4, 0.5) is 11.4 Å². The molecule has 0 aromatic heterocycles. The Morgan fingerprint density at radius 1 is 0.806 bits per heavy atom. The van der Waals surface area contributed by atoms with Crippen LogP contribution in [0.5, 0.6) is 0 Å². The average molecular weight is 420 g/mol. The molecule has 4 N–H and O–H groups in total. The highest BCUT2D eigenvalue weighted by atomic mass is 16.6. The largest absolute Gasteiger partial charge is 0.454 e. The molecule has 2 fully saturated rings. The standard InChI is InChI=1S/C24H24N2O5/c25-17-7-1-15(2-8-17)5-11-20(27)19-13-29-24-21(14-30-23(19)24)31-22(28)12-6-16-3-9-18(26)10-4-16/h1-12,19,21,23-24H,13-14,25-26H2/b11-5+,12-6+/t19-,21-,23-,24-/m1/s1. The maximum absolute atomic E-state index is 12.6. The van der Waals surface area contributed by atoms with E-state index in [0.717, 1.165) is 11.1 Å². The molecule has 7 nitrogen and oxygen atoms in total. The van der Waals surface area contributed by atoms with Gasteiger partial charge < -0.3 is 25.7 Å². The second kappa shape index (κ2) is 9.16. The Kier molecular flexibility index (Phi) is 6.16. The first-order valence-electron chi connectivity index (χ1n) is 10.0. The summed E-state index contributed by atoms with van der Waals surface area (Å²) in [5, 5.41) is 0. The minimum Gasteiger partial charge on any atom is -0.454 e. The Hall–Kier alpha value is -3.42. The van der Waals surface area contributed by atoms with Crippen molar-refractivity contribution in [1.82, 2.24) is 0 Å². The number of hydrogen-bond donors (Lipinski definition) is 2. The highest BCUT2D eigenvalue weighted by Crippen LogP contribution is 2.33. The van der Waals surface area contributed by atoms with E-state index in [1.165, 1.54) is 12.2 Å². The molecule has 2 aliphatic heterocycles. The summed E-state index contributed by atoms with van der Waals surface area (Å²) in [6.07, 6.45) is 4.84. The summed E-state index contributed by atoms with van der Waals surface area (Å²) in [6.45, 7) is 0.428. The maximum atomic E-state index is 12.6. The Morgan fingerprint density at radius 2 is 1.35 bits per heavy atom. The molecule has 0 radical (unpaired) electrons. The third kappa shape index (κ3) is 5.02. The van der Waals surface area contributed by atoms with Gasteiger partial charge in [0.05, 0.1) is 25.2 Å². The predicted molar refractivity (Wildman–Crippen MR) is 118 cm³/mol. The van der Waals surface area contributed by atoms with Crippen molar-refractivity contribution in [2.75, 3.05) is 24.7 Å². The van der Waals surface area contributed by atoms with Gasteiger partial charge in [0.15, 0.2) is 11.9 Å². The number of allylic oxidation sites excluding steroid dienone is 1. The molecule has 0 unspecified atom stereocenters. The Bertz CT molecular complexity index is 998. The van der Waals surface area contributed by atoms with Gasteiger partial charge in [0.2, 0.25) is 0 Å². The fraction of sp³-hybridized carbons (Fsp3) is 0.250. The zero-order valence-corrected chi connectivity index (χ0v) is 16.8. The third-order valence-corrected chi connectivity index (χ3v) is 5.37. The molecule has 2 heterocycles. The Morgan fingerprint density at radius 3 is 1.97 bits per heavy atom. The monoisotopic (exact) mass is 420 g/mol. The predicted octanol–water partition coefficient (Wildman–Crippen LogP) is 2.47. The van der Waals surface area contributed by atoms with E-state index in [1.54, 1.807) is 36.4 Å². The van der Waals surface area contributed by atoms with Gasteiger partial charge >= 0.3 is 5.97 Å². The van der Waals surface area contributed by atoms with Gasteiger partial charge in [-0.2, -0.15) is 0 Å². The van der Waals surface area contributed by atoms with Crippen molar-refractivity contribution in [1.29, 1.82) is 0 Å². The minimum absolute atomic E-state index is 0.0838. The van der Waals surface area contributed by atoms with Crippen molar-refractivity contribution in [3.05, 3.63) is 71.8 Å². The number of benzene rings is 2. The molecule has 0 saturated carbocycles. The van der Waals surface area contributed by atoms with Crippen molar-refractivity contribution in [3.63, 3.8) is 0 Å². The molecule has 31 heavy (non-hydrogen) atoms. The fourth-order valence-corrected chi connectivity index (χ4v) is 3.68. The second-order valence-electron chi connectivity index (χ2n) is 7.58. The molecule has 0 bridgehead atoms. The molecule has 0 amide bonds. The molecule has 2 aliphatic rings. The number of ether oxygens (including phenoxy) is 3. The van der Waals surface area contributed by atoms with Crippen molar-refractivity contribution < 1.29 is 23.8 Å². The molecule has 2 aromatic rings. The van der Waals surface area contributed by atoms with Crippen molar-refractivity contribution in [3.8, 4) is 0 Å². The van der Waals surface area contributed by atoms with Crippen LogP contribution >= 0.6 is 0 Å². The molecular weight excluding hydrogens is 396 g/mol. The van der Waals surface area contributed by atoms with Crippen molar-refractivity contribution >= 4 is 35.3 Å². The van der Waals surface area contributed by atoms with Crippen LogP contribution in [-0.4, -0.2) is 43.3 Å². The zero-order chi connectivity index (χ0) is 21.8. The van der Waals surface area contributed by atoms with Gasteiger partial charge in [-0.3, -0.25) is 4.79 Å². The minimum atomic E-state index is -0.549. The van der Waals surface area contributed by atoms with Gasteiger partial charge in [0, 0.05) is 17.5 Å². The lowest BCUT2D eigenvalue weighted by atomic mass is 9.96. The van der Waals surface area contributed by atoms with Gasteiger partial charge in [0.1, 0.15) is 6.10 Å². The van der Waals surface area contributed by atoms with E-state index in [0.29, 0.717) is 11.4 Å². The summed E-state index contributed by atoms with van der Waals surface area (Å²) in [4.78, 5) is 24.8. The van der Waals surface area contributed by atoms with Gasteiger partial charge in [-0.25, -0.2) is 4.79 Å². The summed E-state index contributed by atoms with van der Waals surface area (Å²) >= 11 is 0. The van der Waals surface area contributed by atoms with Crippen LogP contribution in [0.3, 0.4) is 0 Å². The van der Waals surface area contributed by atoms with Crippen LogP contribution in [0.2, 0.25) is 0 Å². The number of fused-ring (bicyclic) bond motifs is 1. The van der Waals surface area contributed by atoms with Crippen LogP contribution in [0.25, 0.3) is 12.2 Å². The first-order chi connectivity index (χ1) is 15.0. The maximum Gasteiger partial charge on any atom is 0.331 e. The summed E-state index contributed by atoms with van der Waals surface area (Å²) in [6, 6.07) is 14.4. The molecule has 4 atom stereocenters. The Labute approximate surface area is 180 Å². The second-order valence-corrected chi connectivity index (χ2v) is 7.58. The number of nitrogens with two attached hydrogens (primary N) is 2. The molecule has 160 valence electrons. The molecule has 2 saturated heterocycles. The molecule has 4 rings (SSSR count). The Balaban J connectivity index is 1.32. The van der Waals surface area contributed by atoms with E-state index in [2.05, 4.69) is 0 Å². The zero-order valence-electron chi connectivity index (χ0n) is 16.8. The summed E-state index contributed by atoms with van der Waals surface area (Å²) < 4.78 is 17.0. The smallest absolute Gasteiger partial charge is 0.331 e. The lowest BCUT2D eigenvalue weighted by molar-refractivity contribution is -0.147. The van der Waals surface area contributed by atoms with Crippen LogP contribution in [0.1, 0.15) is 11.1 Å². The van der Waals surface area contributed by atoms with Gasteiger partial charge in [-0.05, 0) is 47.5 Å². The van der Waals surface area contributed by atoms with Crippen LogP contribution in [-0.2, 0) is 23.8 Å². The van der Waals surface area contributed by atoms with Crippen LogP contribution in [0, 0.1) is 5.92 Å². The molecule has 2 aromatic carbocycles. The van der Waals surface area contributed by atoms with Crippen LogP contribution < -0.4 is 11.5 Å². The highest BCUT2D eigenvalue weighted by molar-refractivity contribution is 5.96. The first-order valence-corrected chi connectivity index (χ1v) is 10.0. The number of carbonyl (C=O) groups excluding carboxylic acids is 2. The summed E-state index contributed by atoms with van der Waals surface area (Å²) in [7, 11) is 0. The number of hydrogen-bond acceptors (Lipinski definition) is 7. The lowest BCUT2D eigenvalue weighted by Gasteiger charge is -2.15. The van der Waals surface area contributed by atoms with Gasteiger partial charge in [0.25, 0.3) is 0 Å². The van der Waals surface area contributed by atoms with E-state index in [1.807, 2.05) is 24.3 Å². The van der Waals surface area contributed by atoms with E-state index in [9.17, 15) is 9.59 Å². The number of carbonyl (C=O) groups is 2. The number of esters is 1. The fourth-order valence-electron chi connectivity index (χ4n) is 3.68. The SMILES string of the molecule is Nc1ccc(/C=C/C(=O)O[C@@H]2CO[C@H]3[C@@H]2OC[C@@H]3C(=O)/C=C/c2ccc(N)cc2)cc1. The van der Waals surface area contributed by atoms with E-state index >= 15 is 0 Å². The van der Waals surface area contributed by atoms with Crippen LogP contribution in [0.15, 0.2) is 60.7 Å². The van der Waals surface area contributed by atoms with Crippen molar-refractivity contribution in [2.24, 2.45) is 5.92 Å². The molecule has 7 heteroatoms. The number of ketones is 1. The van der Waals surface area contributed by atoms with Gasteiger partial charge in [-0.15, -0.1) is 0 Å².